The number of amides is 2. The molecule has 2 heterocycles. The molecule has 0 saturated carbocycles. The first kappa shape index (κ1) is 27.2. The van der Waals surface area contributed by atoms with Gasteiger partial charge in [0.15, 0.2) is 21.8 Å². The third-order valence-electron chi connectivity index (χ3n) is 6.00. The molecule has 0 radical (unpaired) electrons. The van der Waals surface area contributed by atoms with Gasteiger partial charge in [0.2, 0.25) is 5.91 Å². The maximum atomic E-state index is 13.5. The van der Waals surface area contributed by atoms with Crippen LogP contribution in [0.3, 0.4) is 0 Å². The Hall–Kier alpha value is -4.41. The van der Waals surface area contributed by atoms with Crippen molar-refractivity contribution in [2.45, 2.75) is 6.92 Å². The van der Waals surface area contributed by atoms with Gasteiger partial charge in [-0.15, -0.1) is 11.3 Å². The topological polar surface area (TPSA) is 93.1 Å². The minimum Gasteiger partial charge on any atom is -0.493 e. The number of hydrogen-bond donors (Lipinski definition) is 1. The molecule has 0 unspecified atom stereocenters. The summed E-state index contributed by atoms with van der Waals surface area (Å²) in [5.41, 5.74) is 4.49. The maximum absolute atomic E-state index is 13.5. The number of carbonyl (C=O) groups excluding carboxylic acids is 2. The molecule has 2 amide bonds. The predicted octanol–water partition coefficient (Wildman–Crippen LogP) is 6.25. The van der Waals surface area contributed by atoms with Crippen LogP contribution in [0.25, 0.3) is 17.3 Å². The Morgan fingerprint density at radius 1 is 1.02 bits per heavy atom. The number of nitrogens with one attached hydrogen (secondary N) is 1. The lowest BCUT2D eigenvalue weighted by molar-refractivity contribution is -0.114. The lowest BCUT2D eigenvalue weighted by atomic mass is 10.1. The van der Waals surface area contributed by atoms with Gasteiger partial charge in [0.25, 0.3) is 5.91 Å². The number of thioether (sulfide) groups is 1. The van der Waals surface area contributed by atoms with Gasteiger partial charge in [0.05, 0.1) is 31.4 Å². The van der Waals surface area contributed by atoms with Crippen molar-refractivity contribution >= 4 is 57.0 Å². The van der Waals surface area contributed by atoms with Gasteiger partial charge in [-0.2, -0.15) is 0 Å². The van der Waals surface area contributed by atoms with E-state index < -0.39 is 0 Å². The van der Waals surface area contributed by atoms with Crippen molar-refractivity contribution in [3.63, 3.8) is 0 Å². The normalized spacial score (nSPS) is 13.9. The monoisotopic (exact) mass is 570 g/mol. The second kappa shape index (κ2) is 12.2. The van der Waals surface area contributed by atoms with Crippen molar-refractivity contribution in [3.05, 3.63) is 95.0 Å². The van der Waals surface area contributed by atoms with Crippen molar-refractivity contribution < 1.29 is 19.1 Å². The van der Waals surface area contributed by atoms with Gasteiger partial charge < -0.3 is 14.8 Å². The molecular weight excluding hydrogens is 544 g/mol. The number of aryl methyl sites for hydroxylation is 1. The van der Waals surface area contributed by atoms with E-state index in [1.54, 1.807) is 26.4 Å². The molecule has 5 rings (SSSR count). The highest BCUT2D eigenvalue weighted by atomic mass is 32.2. The Kier molecular flexibility index (Phi) is 8.28. The summed E-state index contributed by atoms with van der Waals surface area (Å²) in [6, 6.07) is 22.7. The number of nitrogens with zero attached hydrogens (tertiary/aromatic N) is 3. The number of ether oxygens (including phenoxy) is 2. The molecule has 1 aromatic heterocycles. The van der Waals surface area contributed by atoms with Crippen LogP contribution in [0.15, 0.2) is 88.9 Å². The molecule has 0 atom stereocenters. The van der Waals surface area contributed by atoms with Crippen molar-refractivity contribution in [1.29, 1.82) is 0 Å². The zero-order chi connectivity index (χ0) is 28.1. The Balaban J connectivity index is 1.35. The second-order valence-electron chi connectivity index (χ2n) is 8.72. The number of carbonyl (C=O) groups is 2. The first-order valence-corrected chi connectivity index (χ1v) is 14.2. The van der Waals surface area contributed by atoms with Gasteiger partial charge in [0.1, 0.15) is 5.70 Å². The second-order valence-corrected chi connectivity index (χ2v) is 10.5. The number of aliphatic imine (C=N–C) groups is 1. The highest BCUT2D eigenvalue weighted by Gasteiger charge is 2.32. The van der Waals surface area contributed by atoms with Gasteiger partial charge in [-0.3, -0.25) is 14.5 Å². The standard InChI is InChI=1S/C30H26N4O4S2/c1-19-12-14-20(15-13-19)24-17-39-29(31-24)33-26(35)18-40-30-32-23(28(36)34(30)22-9-5-4-6-10-22)16-21-8-7-11-25(37-2)27(21)38-3/h4-17H,18H2,1-3H3,(H,31,33,35). The number of amidine groups is 1. The van der Waals surface area contributed by atoms with Crippen LogP contribution in [0.2, 0.25) is 0 Å². The van der Waals surface area contributed by atoms with Crippen LogP contribution in [0, 0.1) is 6.92 Å². The number of aromatic nitrogens is 1. The fraction of sp³-hybridized carbons (Fsp3) is 0.133. The van der Waals surface area contributed by atoms with E-state index >= 15 is 0 Å². The molecule has 0 aliphatic carbocycles. The lowest BCUT2D eigenvalue weighted by Gasteiger charge is -2.17. The van der Waals surface area contributed by atoms with E-state index in [-0.39, 0.29) is 23.3 Å². The summed E-state index contributed by atoms with van der Waals surface area (Å²) in [6.07, 6.45) is 1.66. The van der Waals surface area contributed by atoms with E-state index in [4.69, 9.17) is 9.47 Å². The zero-order valence-corrected chi connectivity index (χ0v) is 23.7. The van der Waals surface area contributed by atoms with Gasteiger partial charge >= 0.3 is 0 Å². The molecule has 8 nitrogen and oxygen atoms in total. The number of benzene rings is 3. The Bertz CT molecular complexity index is 1600. The van der Waals surface area contributed by atoms with Crippen LogP contribution in [0.4, 0.5) is 10.8 Å². The highest BCUT2D eigenvalue weighted by molar-refractivity contribution is 8.14. The molecule has 1 N–H and O–H groups in total. The van der Waals surface area contributed by atoms with Crippen LogP contribution in [0.5, 0.6) is 11.5 Å². The van der Waals surface area contributed by atoms with Gasteiger partial charge in [-0.05, 0) is 31.2 Å². The first-order valence-electron chi connectivity index (χ1n) is 12.3. The summed E-state index contributed by atoms with van der Waals surface area (Å²) < 4.78 is 10.9. The minimum absolute atomic E-state index is 0.0463. The minimum atomic E-state index is -0.304. The summed E-state index contributed by atoms with van der Waals surface area (Å²) in [5, 5.41) is 5.68. The highest BCUT2D eigenvalue weighted by Crippen LogP contribution is 2.35. The summed E-state index contributed by atoms with van der Waals surface area (Å²) in [7, 11) is 3.10. The van der Waals surface area contributed by atoms with Crippen molar-refractivity contribution in [2.24, 2.45) is 4.99 Å². The smallest absolute Gasteiger partial charge is 0.283 e. The molecular formula is C30H26N4O4S2. The first-order chi connectivity index (χ1) is 19.5. The van der Waals surface area contributed by atoms with E-state index in [1.807, 2.05) is 79.0 Å². The lowest BCUT2D eigenvalue weighted by Crippen LogP contribution is -2.31. The molecule has 0 saturated heterocycles. The third kappa shape index (κ3) is 5.93. The van der Waals surface area contributed by atoms with E-state index in [0.717, 1.165) is 11.3 Å². The van der Waals surface area contributed by atoms with Crippen LogP contribution in [0.1, 0.15) is 11.1 Å². The van der Waals surface area contributed by atoms with E-state index in [0.29, 0.717) is 33.0 Å². The van der Waals surface area contributed by atoms with E-state index in [2.05, 4.69) is 15.3 Å². The fourth-order valence-corrected chi connectivity index (χ4v) is 5.59. The number of rotatable bonds is 8. The number of para-hydroxylation sites is 2. The van der Waals surface area contributed by atoms with Gasteiger partial charge in [0, 0.05) is 16.5 Å². The molecule has 0 fully saturated rings. The summed E-state index contributed by atoms with van der Waals surface area (Å²) in [4.78, 5) is 37.0. The molecule has 3 aromatic carbocycles. The Morgan fingerprint density at radius 2 is 1.80 bits per heavy atom. The Morgan fingerprint density at radius 3 is 2.52 bits per heavy atom. The SMILES string of the molecule is COc1cccc(C=C2N=C(SCC(=O)Nc3nc(-c4ccc(C)cc4)cs3)N(c3ccccc3)C2=O)c1OC. The molecule has 0 spiro atoms. The predicted molar refractivity (Wildman–Crippen MR) is 162 cm³/mol. The molecule has 202 valence electrons. The summed E-state index contributed by atoms with van der Waals surface area (Å²) >= 11 is 2.54. The number of thiazole rings is 1. The largest absolute Gasteiger partial charge is 0.493 e. The van der Waals surface area contributed by atoms with Crippen LogP contribution < -0.4 is 19.7 Å². The van der Waals surface area contributed by atoms with Crippen LogP contribution >= 0.6 is 23.1 Å². The molecule has 10 heteroatoms. The van der Waals surface area contributed by atoms with Crippen LogP contribution in [-0.4, -0.2) is 41.9 Å². The summed E-state index contributed by atoms with van der Waals surface area (Å²) in [6.45, 7) is 2.03. The third-order valence-corrected chi connectivity index (χ3v) is 7.70. The van der Waals surface area contributed by atoms with Crippen molar-refractivity contribution in [1.82, 2.24) is 4.98 Å². The van der Waals surface area contributed by atoms with Gasteiger partial charge in [-0.25, -0.2) is 9.98 Å². The van der Waals surface area contributed by atoms with E-state index in [9.17, 15) is 9.59 Å². The van der Waals surface area contributed by atoms with Crippen LogP contribution in [-0.2, 0) is 9.59 Å². The molecule has 1 aliphatic heterocycles. The van der Waals surface area contributed by atoms with Crippen molar-refractivity contribution in [3.8, 4) is 22.8 Å². The number of methoxy groups -OCH3 is 2. The molecule has 4 aromatic rings. The maximum Gasteiger partial charge on any atom is 0.283 e. The van der Waals surface area contributed by atoms with Crippen molar-refractivity contribution in [2.75, 3.05) is 30.2 Å². The van der Waals surface area contributed by atoms with E-state index in [1.165, 1.54) is 33.6 Å². The average molecular weight is 571 g/mol. The summed E-state index contributed by atoms with van der Waals surface area (Å²) in [5.74, 6) is 0.544. The zero-order valence-electron chi connectivity index (χ0n) is 22.1. The average Bonchev–Trinajstić information content (AvgIpc) is 3.56. The molecule has 0 bridgehead atoms. The number of hydrogen-bond acceptors (Lipinski definition) is 8. The Labute approximate surface area is 240 Å². The fourth-order valence-electron chi connectivity index (χ4n) is 4.04. The number of anilines is 2. The van der Waals surface area contributed by atoms with Gasteiger partial charge in [-0.1, -0.05) is 71.9 Å². The molecule has 1 aliphatic rings. The quantitative estimate of drug-likeness (QED) is 0.252. The molecule has 40 heavy (non-hydrogen) atoms.